The number of para-hydroxylation sites is 1. The van der Waals surface area contributed by atoms with Gasteiger partial charge < -0.3 is 30.1 Å². The van der Waals surface area contributed by atoms with Crippen molar-refractivity contribution < 1.29 is 0 Å². The van der Waals surface area contributed by atoms with Crippen molar-refractivity contribution in [2.75, 3.05) is 3.99 Å². The number of hydrogen-bond donors (Lipinski definition) is 0. The first-order valence-corrected chi connectivity index (χ1v) is 9.20. The number of benzene rings is 1. The van der Waals surface area contributed by atoms with Crippen LogP contribution in [-0.2, 0) is 0 Å². The number of halogens is 3. The van der Waals surface area contributed by atoms with E-state index in [2.05, 4.69) is 5.08 Å². The summed E-state index contributed by atoms with van der Waals surface area (Å²) < 4.78 is 1.04. The van der Waals surface area contributed by atoms with Crippen molar-refractivity contribution in [3.05, 3.63) is 35.4 Å². The van der Waals surface area contributed by atoms with Gasteiger partial charge in [-0.05, 0) is 12.1 Å². The summed E-state index contributed by atoms with van der Waals surface area (Å²) in [4.78, 5) is 0. The van der Waals surface area contributed by atoms with Crippen LogP contribution in [0.25, 0.3) is 5.08 Å². The van der Waals surface area contributed by atoms with Crippen molar-refractivity contribution in [3.63, 3.8) is 0 Å². The molecule has 1 aromatic rings. The fraction of sp³-hybridized carbons (Fsp3) is 0. The maximum absolute atomic E-state index is 8.65. The Balaban J connectivity index is 3.01. The van der Waals surface area contributed by atoms with E-state index in [9.17, 15) is 0 Å². The molecular weight excluding hydrogens is 247 g/mol. The molecule has 0 unspecified atom stereocenters. The van der Waals surface area contributed by atoms with Crippen LogP contribution >= 0.6 is 30.1 Å². The lowest BCUT2D eigenvalue weighted by Gasteiger charge is -2.16. The Morgan fingerprint density at radius 1 is 1.15 bits per heavy atom. The summed E-state index contributed by atoms with van der Waals surface area (Å²) in [7, 11) is 13.6. The fourth-order valence-electron chi connectivity index (χ4n) is 0.860. The Morgan fingerprint density at radius 3 is 2.08 bits per heavy atom. The van der Waals surface area contributed by atoms with Gasteiger partial charge in [0.2, 0.25) is 5.39 Å². The number of diazo groups is 1. The first-order chi connectivity index (χ1) is 6.05. The minimum absolute atomic E-state index is 0.565. The molecule has 0 heterocycles. The maximum Gasteiger partial charge on any atom is 0.682 e. The monoisotopic (exact) mass is 251 g/mol. The highest BCUT2D eigenvalue weighted by molar-refractivity contribution is 7.66. The summed E-state index contributed by atoms with van der Waals surface area (Å²) >= 11 is 0. The number of nitrogens with zero attached hydrogens (tertiary/aromatic N) is 3. The summed E-state index contributed by atoms with van der Waals surface area (Å²) in [5.74, 6) is 0. The SMILES string of the molecule is N#[N+][N](c1ccccc1)[Al-]([Cl])([Cl])[Cl]. The van der Waals surface area contributed by atoms with Gasteiger partial charge in [0, 0.05) is 0 Å². The Kier molecular flexibility index (Phi) is 3.67. The molecule has 0 amide bonds. The molecule has 0 saturated carbocycles. The molecule has 68 valence electrons. The molecule has 13 heavy (non-hydrogen) atoms. The molecule has 1 rings (SSSR count). The number of anilines is 1. The Labute approximate surface area is 90.9 Å². The van der Waals surface area contributed by atoms with E-state index in [1.165, 1.54) is 0 Å². The smallest absolute Gasteiger partial charge is 0.379 e. The first-order valence-electron chi connectivity index (χ1n) is 3.45. The molecule has 1 aromatic carbocycles. The van der Waals surface area contributed by atoms with Crippen LogP contribution in [0, 0.1) is 5.39 Å². The predicted molar refractivity (Wildman–Crippen MR) is 57.3 cm³/mol. The Hall–Kier alpha value is -0.158. The van der Waals surface area contributed by atoms with Gasteiger partial charge in [0.25, 0.3) is 5.08 Å². The lowest BCUT2D eigenvalue weighted by atomic mass is 10.3. The van der Waals surface area contributed by atoms with Crippen LogP contribution < -0.4 is 3.99 Å². The molecule has 0 saturated heterocycles. The lowest BCUT2D eigenvalue weighted by Crippen LogP contribution is -2.34. The van der Waals surface area contributed by atoms with Gasteiger partial charge in [-0.1, -0.05) is 18.2 Å². The molecule has 0 aliphatic carbocycles. The average Bonchev–Trinajstić information content (AvgIpc) is 2.05. The zero-order valence-electron chi connectivity index (χ0n) is 6.44. The van der Waals surface area contributed by atoms with Crippen molar-refractivity contribution >= 4 is 46.4 Å². The van der Waals surface area contributed by atoms with Crippen molar-refractivity contribution in [2.24, 2.45) is 0 Å². The molecule has 0 atom stereocenters. The van der Waals surface area contributed by atoms with E-state index in [1.807, 2.05) is 6.07 Å². The van der Waals surface area contributed by atoms with Crippen LogP contribution in [0.15, 0.2) is 30.3 Å². The second kappa shape index (κ2) is 4.37. The highest BCUT2D eigenvalue weighted by Gasteiger charge is 2.42. The third kappa shape index (κ3) is 2.91. The molecule has 0 bridgehead atoms. The highest BCUT2D eigenvalue weighted by Crippen LogP contribution is 2.30. The average molecular weight is 252 g/mol. The van der Waals surface area contributed by atoms with Crippen LogP contribution in [0.5, 0.6) is 0 Å². The molecule has 0 radical (unpaired) electrons. The predicted octanol–water partition coefficient (Wildman–Crippen LogP) is 3.41. The standard InChI is InChI=1S/C6H5N3.Al.3ClH/c7-9-8-6-4-2-1-3-5-6;;;;/h1-5H;;3*1H/q;+3;;;/p-3. The summed E-state index contributed by atoms with van der Waals surface area (Å²) in [5, 5.41) is 11.6. The third-order valence-electron chi connectivity index (χ3n) is 1.39. The summed E-state index contributed by atoms with van der Waals surface area (Å²) in [5.41, 5.74) is 0.565. The zero-order chi connectivity index (χ0) is 9.90. The molecule has 0 aliphatic rings. The van der Waals surface area contributed by atoms with E-state index in [-0.39, 0.29) is 0 Å². The third-order valence-corrected chi connectivity index (χ3v) is 4.01. The van der Waals surface area contributed by atoms with Crippen LogP contribution in [0.3, 0.4) is 0 Å². The van der Waals surface area contributed by atoms with Crippen LogP contribution in [0.2, 0.25) is 0 Å². The lowest BCUT2D eigenvalue weighted by molar-refractivity contribution is 1.29. The normalized spacial score (nSPS) is 10.6. The van der Waals surface area contributed by atoms with Gasteiger partial charge in [0.05, 0.1) is 5.69 Å². The van der Waals surface area contributed by atoms with E-state index < -0.39 is 10.5 Å². The summed E-state index contributed by atoms with van der Waals surface area (Å²) in [6.45, 7) is 0. The quantitative estimate of drug-likeness (QED) is 0.459. The highest BCUT2D eigenvalue weighted by atomic mass is 35.8. The first kappa shape index (κ1) is 10.9. The van der Waals surface area contributed by atoms with Crippen LogP contribution in [0.4, 0.5) is 5.69 Å². The summed E-state index contributed by atoms with van der Waals surface area (Å²) in [6, 6.07) is 8.75. The number of hydrogen-bond acceptors (Lipinski definition) is 2. The van der Waals surface area contributed by atoms with E-state index in [4.69, 9.17) is 35.5 Å². The van der Waals surface area contributed by atoms with Gasteiger partial charge in [-0.15, -0.1) is 0 Å². The Morgan fingerprint density at radius 2 is 1.69 bits per heavy atom. The van der Waals surface area contributed by atoms with Gasteiger partial charge in [-0.3, -0.25) is 0 Å². The number of rotatable bonds is 2. The van der Waals surface area contributed by atoms with Crippen LogP contribution in [0.1, 0.15) is 0 Å². The molecule has 0 N–H and O–H groups in total. The van der Waals surface area contributed by atoms with Crippen molar-refractivity contribution in [1.29, 1.82) is 5.39 Å². The van der Waals surface area contributed by atoms with E-state index in [0.29, 0.717) is 5.69 Å². The molecule has 0 spiro atoms. The maximum atomic E-state index is 8.65. The largest absolute Gasteiger partial charge is 0.682 e. The molecule has 0 fully saturated rings. The van der Waals surface area contributed by atoms with E-state index in [1.54, 1.807) is 24.3 Å². The van der Waals surface area contributed by atoms with Gasteiger partial charge in [0.15, 0.2) is 0 Å². The Bertz CT molecular complexity index is 318. The topological polar surface area (TPSA) is 31.4 Å². The van der Waals surface area contributed by atoms with Crippen molar-refractivity contribution in [1.82, 2.24) is 0 Å². The van der Waals surface area contributed by atoms with E-state index >= 15 is 0 Å². The zero-order valence-corrected chi connectivity index (χ0v) is 9.86. The van der Waals surface area contributed by atoms with Crippen LogP contribution in [-0.4, -0.2) is 10.5 Å². The minimum atomic E-state index is -3.47. The molecule has 7 heteroatoms. The van der Waals surface area contributed by atoms with Gasteiger partial charge in [0.1, 0.15) is 0 Å². The second-order valence-corrected chi connectivity index (χ2v) is 11.6. The second-order valence-electron chi connectivity index (χ2n) is 2.31. The minimum Gasteiger partial charge on any atom is -0.379 e. The molecule has 0 aromatic heterocycles. The molecule has 3 nitrogen and oxygen atoms in total. The van der Waals surface area contributed by atoms with E-state index in [0.717, 1.165) is 3.99 Å². The fourth-order valence-corrected chi connectivity index (χ4v) is 2.85. The molecule has 0 aliphatic heterocycles. The van der Waals surface area contributed by atoms with Gasteiger partial charge in [-0.25, -0.2) is 0 Å². The molecular formula is C6H5AlCl3N3. The summed E-state index contributed by atoms with van der Waals surface area (Å²) in [6.07, 6.45) is 0. The van der Waals surface area contributed by atoms with Gasteiger partial charge >= 0.3 is 10.5 Å². The van der Waals surface area contributed by atoms with Crippen molar-refractivity contribution in [2.45, 2.75) is 0 Å². The van der Waals surface area contributed by atoms with Gasteiger partial charge in [-0.2, -0.15) is 3.99 Å². The van der Waals surface area contributed by atoms with Crippen molar-refractivity contribution in [3.8, 4) is 0 Å².